The molecule has 0 aliphatic carbocycles. The minimum atomic E-state index is -4.49. The third-order valence-corrected chi connectivity index (χ3v) is 2.51. The highest BCUT2D eigenvalue weighted by molar-refractivity contribution is 5.84. The second kappa shape index (κ2) is 6.79. The van der Waals surface area contributed by atoms with E-state index >= 15 is 0 Å². The maximum atomic E-state index is 12.5. The monoisotopic (exact) mass is 288 g/mol. The molecule has 0 amide bonds. The van der Waals surface area contributed by atoms with Gasteiger partial charge in [-0.2, -0.15) is 28.3 Å². The van der Waals surface area contributed by atoms with Crippen molar-refractivity contribution in [2.75, 3.05) is 11.6 Å². The molecule has 0 spiro atoms. The van der Waals surface area contributed by atoms with Crippen LogP contribution in [0, 0.1) is 16.7 Å². The summed E-state index contributed by atoms with van der Waals surface area (Å²) < 4.78 is 37.4. The van der Waals surface area contributed by atoms with E-state index in [0.717, 1.165) is 4.79 Å². The summed E-state index contributed by atoms with van der Waals surface area (Å²) in [6.45, 7) is -1.38. The zero-order valence-corrected chi connectivity index (χ0v) is 10.7. The quantitative estimate of drug-likeness (QED) is 0.471. The van der Waals surface area contributed by atoms with Gasteiger partial charge in [0.1, 0.15) is 6.54 Å². The van der Waals surface area contributed by atoms with E-state index < -0.39 is 18.7 Å². The van der Waals surface area contributed by atoms with E-state index in [4.69, 9.17) is 16.4 Å². The molecule has 0 atom stereocenters. The van der Waals surface area contributed by atoms with Crippen LogP contribution in [0.3, 0.4) is 0 Å². The first-order chi connectivity index (χ1) is 9.35. The zero-order chi connectivity index (χ0) is 15.2. The van der Waals surface area contributed by atoms with E-state index in [1.165, 1.54) is 6.20 Å². The van der Waals surface area contributed by atoms with Gasteiger partial charge >= 0.3 is 6.18 Å². The fourth-order valence-electron chi connectivity index (χ4n) is 1.66. The van der Waals surface area contributed by atoms with Crippen molar-refractivity contribution in [3.05, 3.63) is 18.0 Å². The minimum Gasteiger partial charge on any atom is -0.369 e. The lowest BCUT2D eigenvalue weighted by atomic mass is 10.1. The van der Waals surface area contributed by atoms with Gasteiger partial charge in [-0.05, 0) is 25.3 Å². The van der Waals surface area contributed by atoms with E-state index in [1.54, 1.807) is 6.07 Å². The normalized spacial score (nSPS) is 11.1. The fraction of sp³-hybridized carbons (Fsp3) is 0.545. The molecule has 1 rings (SSSR count). The van der Waals surface area contributed by atoms with Gasteiger partial charge in [0.2, 0.25) is 5.96 Å². The maximum absolute atomic E-state index is 12.5. The number of nitrogens with zero attached hydrogens (tertiary/aromatic N) is 4. The largest absolute Gasteiger partial charge is 0.408 e. The molecule has 1 aromatic heterocycles. The number of aryl methyl sites for hydroxylation is 1. The average molecular weight is 288 g/mol. The van der Waals surface area contributed by atoms with Gasteiger partial charge in [0.05, 0.1) is 18.0 Å². The Morgan fingerprint density at radius 3 is 2.75 bits per heavy atom. The summed E-state index contributed by atoms with van der Waals surface area (Å²) in [7, 11) is 0. The number of aromatic nitrogens is 2. The van der Waals surface area contributed by atoms with Crippen molar-refractivity contribution in [1.29, 1.82) is 10.7 Å². The third-order valence-electron chi connectivity index (χ3n) is 2.51. The van der Waals surface area contributed by atoms with Gasteiger partial charge in [0.25, 0.3) is 0 Å². The molecule has 6 nitrogen and oxygen atoms in total. The van der Waals surface area contributed by atoms with Crippen LogP contribution in [0.25, 0.3) is 0 Å². The molecule has 1 heterocycles. The van der Waals surface area contributed by atoms with Crippen molar-refractivity contribution in [3.63, 3.8) is 0 Å². The SMILES string of the molecule is N#CCCCCc1ccnn1N(CC(F)(F)F)C(=N)N. The van der Waals surface area contributed by atoms with E-state index in [2.05, 4.69) is 5.10 Å². The predicted octanol–water partition coefficient (Wildman–Crippen LogP) is 1.51. The molecule has 0 aliphatic heterocycles. The number of halogens is 3. The molecule has 9 heteroatoms. The van der Waals surface area contributed by atoms with E-state index in [9.17, 15) is 13.2 Å². The van der Waals surface area contributed by atoms with Gasteiger partial charge in [-0.3, -0.25) is 5.41 Å². The molecular formula is C11H15F3N6. The highest BCUT2D eigenvalue weighted by Gasteiger charge is 2.33. The molecule has 0 saturated carbocycles. The molecule has 0 radical (unpaired) electrons. The Labute approximate surface area is 114 Å². The Balaban J connectivity index is 2.80. The summed E-state index contributed by atoms with van der Waals surface area (Å²) in [5.74, 6) is -0.732. The smallest absolute Gasteiger partial charge is 0.369 e. The number of hydrogen-bond acceptors (Lipinski definition) is 3. The molecule has 0 saturated heterocycles. The molecule has 0 fully saturated rings. The fourth-order valence-corrected chi connectivity index (χ4v) is 1.66. The van der Waals surface area contributed by atoms with Gasteiger partial charge in [0.15, 0.2) is 0 Å². The van der Waals surface area contributed by atoms with E-state index in [1.807, 2.05) is 6.07 Å². The number of nitrogens with two attached hydrogens (primary N) is 1. The van der Waals surface area contributed by atoms with Gasteiger partial charge in [0, 0.05) is 6.42 Å². The third kappa shape index (κ3) is 4.79. The minimum absolute atomic E-state index is 0.396. The highest BCUT2D eigenvalue weighted by Crippen LogP contribution is 2.16. The van der Waals surface area contributed by atoms with Crippen LogP contribution in [0.15, 0.2) is 12.3 Å². The number of rotatable bonds is 6. The van der Waals surface area contributed by atoms with Crippen LogP contribution in [-0.2, 0) is 6.42 Å². The van der Waals surface area contributed by atoms with Crippen molar-refractivity contribution < 1.29 is 13.2 Å². The molecule has 0 unspecified atom stereocenters. The molecule has 3 N–H and O–H groups in total. The average Bonchev–Trinajstić information content (AvgIpc) is 2.78. The molecule has 0 aromatic carbocycles. The molecular weight excluding hydrogens is 273 g/mol. The lowest BCUT2D eigenvalue weighted by molar-refractivity contribution is -0.120. The Morgan fingerprint density at radius 2 is 2.20 bits per heavy atom. The predicted molar refractivity (Wildman–Crippen MR) is 66.4 cm³/mol. The van der Waals surface area contributed by atoms with Crippen LogP contribution in [0.5, 0.6) is 0 Å². The number of nitrogens with one attached hydrogen (secondary N) is 1. The van der Waals surface area contributed by atoms with Crippen LogP contribution in [0.4, 0.5) is 13.2 Å². The lowest BCUT2D eigenvalue weighted by Gasteiger charge is -2.25. The van der Waals surface area contributed by atoms with Crippen molar-refractivity contribution in [2.24, 2.45) is 5.73 Å². The number of nitriles is 1. The van der Waals surface area contributed by atoms with Crippen LogP contribution >= 0.6 is 0 Å². The summed E-state index contributed by atoms with van der Waals surface area (Å²) in [5.41, 5.74) is 5.70. The van der Waals surface area contributed by atoms with Crippen LogP contribution < -0.4 is 10.7 Å². The van der Waals surface area contributed by atoms with Gasteiger partial charge < -0.3 is 5.73 Å². The lowest BCUT2D eigenvalue weighted by Crippen LogP contribution is -2.50. The molecule has 20 heavy (non-hydrogen) atoms. The van der Waals surface area contributed by atoms with E-state index in [0.29, 0.717) is 36.4 Å². The Hall–Kier alpha value is -2.24. The molecule has 110 valence electrons. The summed E-state index contributed by atoms with van der Waals surface area (Å²) in [5, 5.41) is 20.0. The standard InChI is InChI=1S/C11H15F3N6/c12-11(13,14)8-19(10(16)17)20-9(5-7-18-20)4-2-1-3-6-15/h5,7H,1-4,8H2,(H3,16,17). The Bertz CT molecular complexity index is 487. The molecule has 1 aromatic rings. The molecule has 0 aliphatic rings. The van der Waals surface area contributed by atoms with Crippen LogP contribution in [0.1, 0.15) is 25.0 Å². The van der Waals surface area contributed by atoms with Gasteiger partial charge in [-0.1, -0.05) is 0 Å². The first-order valence-corrected chi connectivity index (χ1v) is 5.93. The summed E-state index contributed by atoms with van der Waals surface area (Å²) in [6, 6.07) is 3.57. The Morgan fingerprint density at radius 1 is 1.50 bits per heavy atom. The summed E-state index contributed by atoms with van der Waals surface area (Å²) in [6.07, 6.45) is -0.976. The number of hydrogen-bond donors (Lipinski definition) is 2. The van der Waals surface area contributed by atoms with Crippen molar-refractivity contribution >= 4 is 5.96 Å². The number of unbranched alkanes of at least 4 members (excludes halogenated alkanes) is 2. The van der Waals surface area contributed by atoms with Crippen molar-refractivity contribution in [3.8, 4) is 6.07 Å². The van der Waals surface area contributed by atoms with Gasteiger partial charge in [-0.15, -0.1) is 0 Å². The van der Waals surface area contributed by atoms with Crippen molar-refractivity contribution in [1.82, 2.24) is 9.89 Å². The van der Waals surface area contributed by atoms with Gasteiger partial charge in [-0.25, -0.2) is 5.01 Å². The topological polar surface area (TPSA) is 94.7 Å². The first-order valence-electron chi connectivity index (χ1n) is 5.93. The number of alkyl halides is 3. The van der Waals surface area contributed by atoms with Crippen LogP contribution in [-0.4, -0.2) is 28.6 Å². The van der Waals surface area contributed by atoms with Crippen molar-refractivity contribution in [2.45, 2.75) is 31.9 Å². The molecule has 0 bridgehead atoms. The highest BCUT2D eigenvalue weighted by atomic mass is 19.4. The van der Waals surface area contributed by atoms with E-state index in [-0.39, 0.29) is 0 Å². The second-order valence-corrected chi connectivity index (χ2v) is 4.14. The Kier molecular flexibility index (Phi) is 5.37. The first kappa shape index (κ1) is 15.8. The zero-order valence-electron chi connectivity index (χ0n) is 10.7. The summed E-state index contributed by atoms with van der Waals surface area (Å²) >= 11 is 0. The van der Waals surface area contributed by atoms with Crippen LogP contribution in [0.2, 0.25) is 0 Å². The maximum Gasteiger partial charge on any atom is 0.408 e. The number of guanidine groups is 1. The summed E-state index contributed by atoms with van der Waals surface area (Å²) in [4.78, 5) is 0.988. The second-order valence-electron chi connectivity index (χ2n) is 4.14.